The monoisotopic (exact) mass is 615 g/mol. The van der Waals surface area contributed by atoms with Gasteiger partial charge in [-0.25, -0.2) is 4.39 Å². The van der Waals surface area contributed by atoms with Crippen molar-refractivity contribution in [3.8, 4) is 23.0 Å². The van der Waals surface area contributed by atoms with Crippen LogP contribution in [-0.4, -0.2) is 36.5 Å². The van der Waals surface area contributed by atoms with Crippen LogP contribution in [0.5, 0.6) is 23.0 Å². The first-order valence-electron chi connectivity index (χ1n) is 12.8. The summed E-state index contributed by atoms with van der Waals surface area (Å²) in [6.45, 7) is -0.0983. The molecule has 0 spiro atoms. The van der Waals surface area contributed by atoms with Gasteiger partial charge in [0, 0.05) is 41.4 Å². The number of nitrogens with zero attached hydrogens (tertiary/aromatic N) is 1. The SMILES string of the molecule is COc1cc2c(Oc3ccc(NC(=O)C4(C(=O)Nc5ccc(F)cc5)CC4)cc3Cl)ccnc2cc1OCCC(=O)[O-].[Na+]. The van der Waals surface area contributed by atoms with Crippen molar-refractivity contribution in [2.75, 3.05) is 24.4 Å². The van der Waals surface area contributed by atoms with Gasteiger partial charge in [-0.15, -0.1) is 0 Å². The molecule has 0 unspecified atom stereocenters. The van der Waals surface area contributed by atoms with Crippen LogP contribution in [0.15, 0.2) is 66.9 Å². The third kappa shape index (κ3) is 7.37. The van der Waals surface area contributed by atoms with E-state index >= 15 is 0 Å². The second-order valence-electron chi connectivity index (χ2n) is 9.54. The van der Waals surface area contributed by atoms with Crippen LogP contribution >= 0.6 is 11.6 Å². The molecule has 13 heteroatoms. The van der Waals surface area contributed by atoms with Gasteiger partial charge in [0.1, 0.15) is 22.7 Å². The summed E-state index contributed by atoms with van der Waals surface area (Å²) in [5.41, 5.74) is 0.0481. The molecule has 216 valence electrons. The van der Waals surface area contributed by atoms with E-state index in [9.17, 15) is 23.9 Å². The average Bonchev–Trinajstić information content (AvgIpc) is 3.78. The zero-order valence-electron chi connectivity index (χ0n) is 23.2. The first-order valence-corrected chi connectivity index (χ1v) is 13.2. The molecule has 2 N–H and O–H groups in total. The molecule has 0 aliphatic heterocycles. The zero-order valence-corrected chi connectivity index (χ0v) is 26.0. The Morgan fingerprint density at radius 1 is 0.930 bits per heavy atom. The molecule has 1 heterocycles. The summed E-state index contributed by atoms with van der Waals surface area (Å²) < 4.78 is 30.2. The largest absolute Gasteiger partial charge is 1.00 e. The molecule has 0 atom stereocenters. The van der Waals surface area contributed by atoms with E-state index in [1.54, 1.807) is 30.3 Å². The summed E-state index contributed by atoms with van der Waals surface area (Å²) >= 11 is 6.49. The number of anilines is 2. The van der Waals surface area contributed by atoms with Crippen molar-refractivity contribution in [2.24, 2.45) is 5.41 Å². The van der Waals surface area contributed by atoms with Crippen molar-refractivity contribution < 1.29 is 67.6 Å². The molecule has 1 saturated carbocycles. The number of rotatable bonds is 11. The fourth-order valence-electron chi connectivity index (χ4n) is 4.23. The molecule has 4 aromatic rings. The second-order valence-corrected chi connectivity index (χ2v) is 9.95. The Balaban J connectivity index is 0.00000423. The van der Waals surface area contributed by atoms with E-state index in [0.717, 1.165) is 0 Å². The third-order valence-corrected chi connectivity index (χ3v) is 6.98. The Morgan fingerprint density at radius 2 is 1.60 bits per heavy atom. The van der Waals surface area contributed by atoms with E-state index in [1.165, 1.54) is 43.6 Å². The number of fused-ring (bicyclic) bond motifs is 1. The van der Waals surface area contributed by atoms with Gasteiger partial charge in [-0.1, -0.05) is 11.6 Å². The summed E-state index contributed by atoms with van der Waals surface area (Å²) in [7, 11) is 1.45. The van der Waals surface area contributed by atoms with Crippen LogP contribution in [0.1, 0.15) is 19.3 Å². The Bertz CT molecular complexity index is 1680. The van der Waals surface area contributed by atoms with Crippen LogP contribution in [0.25, 0.3) is 10.9 Å². The van der Waals surface area contributed by atoms with Gasteiger partial charge in [-0.2, -0.15) is 0 Å². The zero-order chi connectivity index (χ0) is 29.9. The van der Waals surface area contributed by atoms with Crippen LogP contribution in [0.3, 0.4) is 0 Å². The number of carbonyl (C=O) groups is 3. The van der Waals surface area contributed by atoms with E-state index in [-0.39, 0.29) is 47.6 Å². The molecule has 3 aromatic carbocycles. The summed E-state index contributed by atoms with van der Waals surface area (Å²) in [5, 5.41) is 16.9. The molecule has 0 saturated heterocycles. The molecule has 10 nitrogen and oxygen atoms in total. The van der Waals surface area contributed by atoms with Gasteiger partial charge >= 0.3 is 29.6 Å². The standard InChI is InChI=1S/C30H25ClFN3O7.Na/c1-40-25-15-20-22(16-26(25)41-13-9-27(36)37)33-12-8-23(20)42-24-7-6-19(14-21(24)31)35-29(39)30(10-11-30)28(38)34-18-4-2-17(32)3-5-18;/h2-8,12,14-16H,9-11,13H2,1H3,(H,34,38)(H,35,39)(H,36,37);/q;+1/p-1. The minimum Gasteiger partial charge on any atom is -0.550 e. The predicted molar refractivity (Wildman–Crippen MR) is 150 cm³/mol. The number of aliphatic carboxylic acids is 1. The van der Waals surface area contributed by atoms with Gasteiger partial charge < -0.3 is 34.7 Å². The van der Waals surface area contributed by atoms with Gasteiger partial charge in [-0.3, -0.25) is 14.6 Å². The molecule has 0 bridgehead atoms. The first kappa shape index (κ1) is 32.0. The minimum absolute atomic E-state index is 0. The second kappa shape index (κ2) is 13.6. The fourth-order valence-corrected chi connectivity index (χ4v) is 4.45. The number of carboxylic acids is 1. The number of aromatic nitrogens is 1. The van der Waals surface area contributed by atoms with Crippen molar-refractivity contribution in [3.63, 3.8) is 0 Å². The number of halogens is 2. The van der Waals surface area contributed by atoms with Crippen LogP contribution < -0.4 is 59.5 Å². The van der Waals surface area contributed by atoms with E-state index < -0.39 is 29.0 Å². The van der Waals surface area contributed by atoms with E-state index in [1.807, 2.05) is 0 Å². The summed E-state index contributed by atoms with van der Waals surface area (Å²) in [6.07, 6.45) is 2.01. The molecule has 0 radical (unpaired) electrons. The Labute approximate surface area is 272 Å². The van der Waals surface area contributed by atoms with Crippen LogP contribution in [0.2, 0.25) is 5.02 Å². The Hall–Kier alpha value is -3.90. The Kier molecular flexibility index (Phi) is 10.1. The van der Waals surface area contributed by atoms with Gasteiger partial charge in [0.2, 0.25) is 11.8 Å². The average molecular weight is 616 g/mol. The van der Waals surface area contributed by atoms with Crippen molar-refractivity contribution in [1.29, 1.82) is 0 Å². The number of carboxylic acid groups (broad SMARTS) is 1. The van der Waals surface area contributed by atoms with Crippen LogP contribution in [0.4, 0.5) is 15.8 Å². The van der Waals surface area contributed by atoms with Crippen LogP contribution in [0, 0.1) is 11.2 Å². The first-order chi connectivity index (χ1) is 20.2. The summed E-state index contributed by atoms with van der Waals surface area (Å²) in [5.74, 6) is -1.24. The number of amides is 2. The number of hydrogen-bond acceptors (Lipinski definition) is 8. The topological polar surface area (TPSA) is 139 Å². The maximum atomic E-state index is 13.2. The fraction of sp³-hybridized carbons (Fsp3) is 0.200. The molecule has 1 aromatic heterocycles. The Morgan fingerprint density at radius 3 is 2.23 bits per heavy atom. The molecular weight excluding hydrogens is 592 g/mol. The van der Waals surface area contributed by atoms with Crippen molar-refractivity contribution >= 4 is 51.7 Å². The quantitative estimate of drug-likeness (QED) is 0.192. The molecule has 1 aliphatic rings. The molecule has 5 rings (SSSR count). The van der Waals surface area contributed by atoms with Gasteiger partial charge in [0.15, 0.2) is 11.5 Å². The maximum Gasteiger partial charge on any atom is 1.00 e. The third-order valence-electron chi connectivity index (χ3n) is 6.68. The number of methoxy groups -OCH3 is 1. The summed E-state index contributed by atoms with van der Waals surface area (Å²) in [6, 6.07) is 14.9. The van der Waals surface area contributed by atoms with Crippen molar-refractivity contribution in [2.45, 2.75) is 19.3 Å². The number of ether oxygens (including phenoxy) is 3. The molecule has 43 heavy (non-hydrogen) atoms. The maximum absolute atomic E-state index is 13.2. The van der Waals surface area contributed by atoms with Gasteiger partial charge in [0.25, 0.3) is 0 Å². The molecular formula is C30H24ClFN3NaO7. The number of benzene rings is 3. The molecule has 1 aliphatic carbocycles. The normalized spacial score (nSPS) is 12.9. The van der Waals surface area contributed by atoms with Crippen LogP contribution in [-0.2, 0) is 14.4 Å². The number of carbonyl (C=O) groups excluding carboxylic acids is 3. The summed E-state index contributed by atoms with van der Waals surface area (Å²) in [4.78, 5) is 40.9. The van der Waals surface area contributed by atoms with E-state index in [4.69, 9.17) is 25.8 Å². The minimum atomic E-state index is -1.23. The molecule has 2 amide bonds. The van der Waals surface area contributed by atoms with E-state index in [2.05, 4.69) is 15.6 Å². The number of hydrogen-bond donors (Lipinski definition) is 2. The number of pyridine rings is 1. The van der Waals surface area contributed by atoms with Gasteiger partial charge in [0.05, 0.1) is 24.3 Å². The number of nitrogens with one attached hydrogen (secondary N) is 2. The van der Waals surface area contributed by atoms with Crippen molar-refractivity contribution in [3.05, 3.63) is 77.7 Å². The van der Waals surface area contributed by atoms with E-state index in [0.29, 0.717) is 58.1 Å². The van der Waals surface area contributed by atoms with Gasteiger partial charge in [-0.05, 0) is 67.4 Å². The smallest absolute Gasteiger partial charge is 0.550 e. The van der Waals surface area contributed by atoms with Crippen molar-refractivity contribution in [1.82, 2.24) is 4.98 Å². The predicted octanol–water partition coefficient (Wildman–Crippen LogP) is 1.71. The molecule has 1 fully saturated rings.